The Morgan fingerprint density at radius 1 is 1.29 bits per heavy atom. The van der Waals surface area contributed by atoms with Crippen molar-refractivity contribution in [2.45, 2.75) is 25.8 Å². The van der Waals surface area contributed by atoms with E-state index in [0.29, 0.717) is 31.8 Å². The van der Waals surface area contributed by atoms with E-state index >= 15 is 0 Å². The smallest absolute Gasteiger partial charge is 0.139 e. The minimum Gasteiger partial charge on any atom is -0.493 e. The third-order valence-corrected chi connectivity index (χ3v) is 4.59. The highest BCUT2D eigenvalue weighted by molar-refractivity contribution is 6.00. The summed E-state index contributed by atoms with van der Waals surface area (Å²) in [6, 6.07) is 9.98. The maximum Gasteiger partial charge on any atom is 0.139 e. The Balaban J connectivity index is 1.38. The number of hydrogen-bond acceptors (Lipinski definition) is 5. The summed E-state index contributed by atoms with van der Waals surface area (Å²) in [6.07, 6.45) is 3.49. The Labute approximate surface area is 140 Å². The van der Waals surface area contributed by atoms with Crippen molar-refractivity contribution in [1.29, 1.82) is 0 Å². The molecule has 2 aliphatic heterocycles. The highest BCUT2D eigenvalue weighted by atomic mass is 16.5. The molecule has 0 bridgehead atoms. The molecule has 1 aromatic heterocycles. The summed E-state index contributed by atoms with van der Waals surface area (Å²) in [5, 5.41) is 0. The molecule has 1 unspecified atom stereocenters. The molecule has 0 fully saturated rings. The lowest BCUT2D eigenvalue weighted by atomic mass is 9.91. The van der Waals surface area contributed by atoms with Gasteiger partial charge in [0.05, 0.1) is 13.2 Å². The molecule has 5 nitrogen and oxygen atoms in total. The quantitative estimate of drug-likeness (QED) is 0.935. The fraction of sp³-hybridized carbons (Fsp3) is 0.316. The van der Waals surface area contributed by atoms with Crippen LogP contribution in [0.5, 0.6) is 5.75 Å². The van der Waals surface area contributed by atoms with E-state index in [-0.39, 0.29) is 11.7 Å². The number of carbonyl (C=O) groups is 1. The van der Waals surface area contributed by atoms with Gasteiger partial charge in [-0.1, -0.05) is 18.2 Å². The van der Waals surface area contributed by atoms with Crippen LogP contribution in [0, 0.1) is 5.92 Å². The molecule has 3 heterocycles. The van der Waals surface area contributed by atoms with Gasteiger partial charge in [0.15, 0.2) is 0 Å². The van der Waals surface area contributed by atoms with Crippen molar-refractivity contribution >= 4 is 11.6 Å². The van der Waals surface area contributed by atoms with Crippen LogP contribution in [0.25, 0.3) is 0 Å². The lowest BCUT2D eigenvalue weighted by Gasteiger charge is -2.24. The zero-order chi connectivity index (χ0) is 16.5. The van der Waals surface area contributed by atoms with E-state index in [4.69, 9.17) is 10.5 Å². The molecule has 1 atom stereocenters. The summed E-state index contributed by atoms with van der Waals surface area (Å²) in [4.78, 5) is 21.0. The number of hydrogen-bond donors (Lipinski definition) is 1. The van der Waals surface area contributed by atoms with Gasteiger partial charge in [-0.3, -0.25) is 14.8 Å². The number of nitrogens with zero attached hydrogens (tertiary/aromatic N) is 2. The standard InChI is InChI=1S/C19H19N3O2/c20-19-17-10-21-15(7-14(17)9-22-19)8-16(23)6-12-5-13-3-1-2-4-18(13)24-11-12/h1-4,7,10,12H,5-6,8-9,11H2,(H2,20,22). The van der Waals surface area contributed by atoms with Gasteiger partial charge in [-0.15, -0.1) is 0 Å². The summed E-state index contributed by atoms with van der Waals surface area (Å²) in [5.41, 5.74) is 9.71. The monoisotopic (exact) mass is 321 g/mol. The highest BCUT2D eigenvalue weighted by Gasteiger charge is 2.22. The van der Waals surface area contributed by atoms with E-state index in [1.165, 1.54) is 5.56 Å². The third kappa shape index (κ3) is 2.89. The SMILES string of the molecule is NC1=NCc2cc(CC(=O)CC3COc4ccccc4C3)ncc21. The van der Waals surface area contributed by atoms with Gasteiger partial charge in [0.2, 0.25) is 0 Å². The van der Waals surface area contributed by atoms with Crippen LogP contribution in [0.3, 0.4) is 0 Å². The van der Waals surface area contributed by atoms with Gasteiger partial charge in [-0.05, 0) is 29.7 Å². The average molecular weight is 321 g/mol. The third-order valence-electron chi connectivity index (χ3n) is 4.59. The second-order valence-corrected chi connectivity index (χ2v) is 6.44. The number of benzene rings is 1. The number of amidine groups is 1. The number of pyridine rings is 1. The molecular weight excluding hydrogens is 302 g/mol. The van der Waals surface area contributed by atoms with Crippen molar-refractivity contribution < 1.29 is 9.53 Å². The Morgan fingerprint density at radius 3 is 3.08 bits per heavy atom. The Bertz CT molecular complexity index is 829. The zero-order valence-corrected chi connectivity index (χ0v) is 13.4. The number of fused-ring (bicyclic) bond motifs is 2. The minimum absolute atomic E-state index is 0.197. The molecule has 5 heteroatoms. The number of ketones is 1. The fourth-order valence-electron chi connectivity index (χ4n) is 3.38. The van der Waals surface area contributed by atoms with E-state index in [2.05, 4.69) is 16.0 Å². The van der Waals surface area contributed by atoms with Crippen LogP contribution in [0.1, 0.15) is 28.8 Å². The molecule has 0 amide bonds. The van der Waals surface area contributed by atoms with Gasteiger partial charge >= 0.3 is 0 Å². The van der Waals surface area contributed by atoms with Crippen molar-refractivity contribution in [3.05, 3.63) is 58.9 Å². The Kier molecular flexibility index (Phi) is 3.76. The predicted molar refractivity (Wildman–Crippen MR) is 91.1 cm³/mol. The first-order chi connectivity index (χ1) is 11.7. The van der Waals surface area contributed by atoms with E-state index in [1.807, 2.05) is 24.3 Å². The molecule has 0 radical (unpaired) electrons. The number of Topliss-reactive ketones (excluding diaryl/α,β-unsaturated/α-hetero) is 1. The van der Waals surface area contributed by atoms with Gasteiger partial charge in [0, 0.05) is 36.2 Å². The molecule has 0 aliphatic carbocycles. The lowest BCUT2D eigenvalue weighted by molar-refractivity contribution is -0.119. The summed E-state index contributed by atoms with van der Waals surface area (Å²) in [6.45, 7) is 1.18. The first-order valence-electron chi connectivity index (χ1n) is 8.19. The molecule has 0 saturated carbocycles. The number of nitrogens with two attached hydrogens (primary N) is 1. The zero-order valence-electron chi connectivity index (χ0n) is 13.4. The topological polar surface area (TPSA) is 77.6 Å². The number of aliphatic imine (C=N–C) groups is 1. The normalized spacial score (nSPS) is 18.3. The first-order valence-corrected chi connectivity index (χ1v) is 8.19. The summed E-state index contributed by atoms with van der Waals surface area (Å²) >= 11 is 0. The number of carbonyl (C=O) groups excluding carboxylic acids is 1. The van der Waals surface area contributed by atoms with E-state index < -0.39 is 0 Å². The van der Waals surface area contributed by atoms with Crippen LogP contribution in [-0.2, 0) is 24.2 Å². The average Bonchev–Trinajstić information content (AvgIpc) is 2.95. The van der Waals surface area contributed by atoms with E-state index in [9.17, 15) is 4.79 Å². The Hall–Kier alpha value is -2.69. The van der Waals surface area contributed by atoms with Gasteiger partial charge in [0.1, 0.15) is 17.4 Å². The fourth-order valence-corrected chi connectivity index (χ4v) is 3.38. The number of para-hydroxylation sites is 1. The highest BCUT2D eigenvalue weighted by Crippen LogP contribution is 2.28. The molecule has 0 spiro atoms. The molecule has 0 saturated heterocycles. The molecule has 122 valence electrons. The van der Waals surface area contributed by atoms with Crippen LogP contribution in [-0.4, -0.2) is 23.2 Å². The van der Waals surface area contributed by atoms with Gasteiger partial charge in [-0.2, -0.15) is 0 Å². The molecule has 24 heavy (non-hydrogen) atoms. The largest absolute Gasteiger partial charge is 0.493 e. The van der Waals surface area contributed by atoms with Crippen molar-refractivity contribution in [1.82, 2.24) is 4.98 Å². The van der Waals surface area contributed by atoms with Crippen LogP contribution in [0.2, 0.25) is 0 Å². The van der Waals surface area contributed by atoms with Crippen molar-refractivity contribution in [3.63, 3.8) is 0 Å². The van der Waals surface area contributed by atoms with Gasteiger partial charge in [-0.25, -0.2) is 0 Å². The summed E-state index contributed by atoms with van der Waals surface area (Å²) in [7, 11) is 0. The molecule has 4 rings (SSSR count). The molecule has 2 N–H and O–H groups in total. The molecular formula is C19H19N3O2. The second kappa shape index (κ2) is 6.07. The minimum atomic E-state index is 0.197. The maximum absolute atomic E-state index is 12.4. The molecule has 2 aromatic rings. The molecule has 1 aromatic carbocycles. The number of rotatable bonds is 4. The lowest BCUT2D eigenvalue weighted by Crippen LogP contribution is -2.24. The van der Waals surface area contributed by atoms with Crippen LogP contribution in [0.15, 0.2) is 41.5 Å². The Morgan fingerprint density at radius 2 is 2.17 bits per heavy atom. The van der Waals surface area contributed by atoms with E-state index in [0.717, 1.165) is 29.0 Å². The molecule has 2 aliphatic rings. The van der Waals surface area contributed by atoms with Crippen LogP contribution < -0.4 is 10.5 Å². The van der Waals surface area contributed by atoms with Crippen molar-refractivity contribution in [2.24, 2.45) is 16.6 Å². The first kappa shape index (κ1) is 14.9. The van der Waals surface area contributed by atoms with Crippen LogP contribution >= 0.6 is 0 Å². The second-order valence-electron chi connectivity index (χ2n) is 6.44. The van der Waals surface area contributed by atoms with Crippen LogP contribution in [0.4, 0.5) is 0 Å². The summed E-state index contributed by atoms with van der Waals surface area (Å²) < 4.78 is 5.76. The number of aromatic nitrogens is 1. The van der Waals surface area contributed by atoms with Crippen molar-refractivity contribution in [2.75, 3.05) is 6.61 Å². The maximum atomic E-state index is 12.4. The number of ether oxygens (including phenoxy) is 1. The van der Waals surface area contributed by atoms with Crippen molar-refractivity contribution in [3.8, 4) is 5.75 Å². The summed E-state index contributed by atoms with van der Waals surface area (Å²) in [5.74, 6) is 1.91. The van der Waals surface area contributed by atoms with E-state index in [1.54, 1.807) is 6.20 Å². The van der Waals surface area contributed by atoms with Gasteiger partial charge in [0.25, 0.3) is 0 Å². The van der Waals surface area contributed by atoms with Gasteiger partial charge < -0.3 is 10.5 Å². The predicted octanol–water partition coefficient (Wildman–Crippen LogP) is 2.05.